The number of aromatic nitrogens is 1. The highest BCUT2D eigenvalue weighted by molar-refractivity contribution is 6.02. The SMILES string of the molecule is CNC(=O)Nc1ccc(Oc2ccnc3cc(OC)c(C(=O)NC[C@@H]4CCCO4)cc23)cc1C. The molecule has 0 aliphatic carbocycles. The second kappa shape index (κ2) is 10.4. The molecule has 1 aliphatic rings. The number of anilines is 1. The standard InChI is InChI=1S/C25H28N4O5/c1-15-11-16(6-7-20(15)29-25(31)26-2)34-22-8-9-27-21-13-23(32-3)19(12-18(21)22)24(30)28-14-17-5-4-10-33-17/h6-9,11-13,17H,4-5,10,14H2,1-3H3,(H,28,30)(H2,26,29,31)/t17-/m0/s1. The number of hydrogen-bond donors (Lipinski definition) is 3. The summed E-state index contributed by atoms with van der Waals surface area (Å²) in [6.45, 7) is 3.06. The molecule has 34 heavy (non-hydrogen) atoms. The molecule has 3 amide bonds. The van der Waals surface area contributed by atoms with E-state index < -0.39 is 0 Å². The molecule has 3 N–H and O–H groups in total. The molecule has 2 heterocycles. The van der Waals surface area contributed by atoms with Crippen LogP contribution in [-0.2, 0) is 4.74 Å². The number of pyridine rings is 1. The van der Waals surface area contributed by atoms with Crippen molar-refractivity contribution in [2.75, 3.05) is 32.6 Å². The molecule has 9 heteroatoms. The maximum atomic E-state index is 12.9. The highest BCUT2D eigenvalue weighted by Gasteiger charge is 2.20. The summed E-state index contributed by atoms with van der Waals surface area (Å²) >= 11 is 0. The first-order valence-corrected chi connectivity index (χ1v) is 11.1. The van der Waals surface area contributed by atoms with Gasteiger partial charge in [-0.3, -0.25) is 9.78 Å². The van der Waals surface area contributed by atoms with Gasteiger partial charge >= 0.3 is 6.03 Å². The van der Waals surface area contributed by atoms with Crippen LogP contribution in [0.3, 0.4) is 0 Å². The van der Waals surface area contributed by atoms with Crippen LogP contribution in [0.25, 0.3) is 10.9 Å². The van der Waals surface area contributed by atoms with Gasteiger partial charge in [-0.2, -0.15) is 0 Å². The highest BCUT2D eigenvalue weighted by Crippen LogP contribution is 2.34. The predicted molar refractivity (Wildman–Crippen MR) is 129 cm³/mol. The average Bonchev–Trinajstić information content (AvgIpc) is 3.37. The molecule has 1 atom stereocenters. The highest BCUT2D eigenvalue weighted by atomic mass is 16.5. The number of rotatable bonds is 7. The molecule has 3 aromatic rings. The van der Waals surface area contributed by atoms with Crippen molar-refractivity contribution < 1.29 is 23.8 Å². The Hall–Kier alpha value is -3.85. The van der Waals surface area contributed by atoms with E-state index in [9.17, 15) is 9.59 Å². The largest absolute Gasteiger partial charge is 0.496 e. The number of amides is 3. The molecular weight excluding hydrogens is 436 g/mol. The Bertz CT molecular complexity index is 1210. The van der Waals surface area contributed by atoms with E-state index in [1.807, 2.05) is 13.0 Å². The third-order valence-electron chi connectivity index (χ3n) is 5.68. The first-order chi connectivity index (χ1) is 16.5. The summed E-state index contributed by atoms with van der Waals surface area (Å²) in [6, 6.07) is 10.3. The van der Waals surface area contributed by atoms with Gasteiger partial charge in [-0.15, -0.1) is 0 Å². The second-order valence-electron chi connectivity index (χ2n) is 8.01. The van der Waals surface area contributed by atoms with Gasteiger partial charge in [0.25, 0.3) is 5.91 Å². The molecule has 2 aromatic carbocycles. The summed E-state index contributed by atoms with van der Waals surface area (Å²) in [7, 11) is 3.08. The smallest absolute Gasteiger partial charge is 0.318 e. The Balaban J connectivity index is 1.60. The molecule has 1 aromatic heterocycles. The lowest BCUT2D eigenvalue weighted by atomic mass is 10.1. The van der Waals surface area contributed by atoms with Crippen LogP contribution in [-0.4, -0.2) is 50.3 Å². The van der Waals surface area contributed by atoms with Gasteiger partial charge in [0.15, 0.2) is 0 Å². The zero-order chi connectivity index (χ0) is 24.1. The Labute approximate surface area is 197 Å². The van der Waals surface area contributed by atoms with E-state index in [2.05, 4.69) is 20.9 Å². The minimum absolute atomic E-state index is 0.0417. The van der Waals surface area contributed by atoms with Crippen molar-refractivity contribution in [1.29, 1.82) is 0 Å². The molecule has 4 rings (SSSR count). The predicted octanol–water partition coefficient (Wildman–Crippen LogP) is 4.00. The van der Waals surface area contributed by atoms with E-state index >= 15 is 0 Å². The van der Waals surface area contributed by atoms with Crippen molar-refractivity contribution in [2.45, 2.75) is 25.9 Å². The lowest BCUT2D eigenvalue weighted by Crippen LogP contribution is -2.32. The molecular formula is C25H28N4O5. The van der Waals surface area contributed by atoms with E-state index in [1.54, 1.807) is 43.6 Å². The van der Waals surface area contributed by atoms with Gasteiger partial charge in [0, 0.05) is 43.5 Å². The third-order valence-corrected chi connectivity index (χ3v) is 5.68. The van der Waals surface area contributed by atoms with Gasteiger partial charge in [-0.05, 0) is 55.7 Å². The fourth-order valence-electron chi connectivity index (χ4n) is 3.84. The van der Waals surface area contributed by atoms with Crippen LogP contribution >= 0.6 is 0 Å². The molecule has 0 bridgehead atoms. The van der Waals surface area contributed by atoms with Gasteiger partial charge in [0.1, 0.15) is 17.2 Å². The van der Waals surface area contributed by atoms with E-state index in [0.29, 0.717) is 45.9 Å². The Morgan fingerprint density at radius 1 is 1.18 bits per heavy atom. The van der Waals surface area contributed by atoms with Crippen LogP contribution < -0.4 is 25.4 Å². The quantitative estimate of drug-likeness (QED) is 0.487. The Kier molecular flexibility index (Phi) is 7.12. The monoisotopic (exact) mass is 464 g/mol. The minimum Gasteiger partial charge on any atom is -0.496 e. The summed E-state index contributed by atoms with van der Waals surface area (Å²) in [5.74, 6) is 1.33. The lowest BCUT2D eigenvalue weighted by molar-refractivity contribution is 0.0855. The number of ether oxygens (including phenoxy) is 3. The number of urea groups is 1. The van der Waals surface area contributed by atoms with Gasteiger partial charge in [0.05, 0.1) is 24.3 Å². The molecule has 1 saturated heterocycles. The van der Waals surface area contributed by atoms with E-state index in [4.69, 9.17) is 14.2 Å². The van der Waals surface area contributed by atoms with Crippen molar-refractivity contribution in [2.24, 2.45) is 0 Å². The van der Waals surface area contributed by atoms with Crippen LogP contribution in [0.2, 0.25) is 0 Å². The number of fused-ring (bicyclic) bond motifs is 1. The fraction of sp³-hybridized carbons (Fsp3) is 0.320. The van der Waals surface area contributed by atoms with E-state index in [0.717, 1.165) is 25.0 Å². The number of benzene rings is 2. The summed E-state index contributed by atoms with van der Waals surface area (Å²) < 4.78 is 17.2. The Morgan fingerprint density at radius 2 is 2.03 bits per heavy atom. The average molecular weight is 465 g/mol. The van der Waals surface area contributed by atoms with E-state index in [1.165, 1.54) is 7.11 Å². The molecule has 0 unspecified atom stereocenters. The van der Waals surface area contributed by atoms with Gasteiger partial charge in [0.2, 0.25) is 0 Å². The zero-order valence-corrected chi connectivity index (χ0v) is 19.4. The van der Waals surface area contributed by atoms with Crippen LogP contribution in [0.15, 0.2) is 42.6 Å². The number of hydrogen-bond acceptors (Lipinski definition) is 6. The molecule has 0 radical (unpaired) electrons. The fourth-order valence-corrected chi connectivity index (χ4v) is 3.84. The molecule has 1 fully saturated rings. The van der Waals surface area contributed by atoms with Gasteiger partial charge in [-0.1, -0.05) is 0 Å². The summed E-state index contributed by atoms with van der Waals surface area (Å²) in [5.41, 5.74) is 2.56. The second-order valence-corrected chi connectivity index (χ2v) is 8.01. The van der Waals surface area contributed by atoms with Crippen molar-refractivity contribution in [3.05, 3.63) is 53.7 Å². The van der Waals surface area contributed by atoms with Crippen molar-refractivity contribution >= 4 is 28.5 Å². The van der Waals surface area contributed by atoms with E-state index in [-0.39, 0.29) is 18.0 Å². The Morgan fingerprint density at radius 3 is 2.74 bits per heavy atom. The topological polar surface area (TPSA) is 111 Å². The third kappa shape index (κ3) is 5.20. The normalized spacial score (nSPS) is 15.1. The molecule has 0 saturated carbocycles. The van der Waals surface area contributed by atoms with Crippen LogP contribution in [0.4, 0.5) is 10.5 Å². The summed E-state index contributed by atoms with van der Waals surface area (Å²) in [6.07, 6.45) is 3.63. The van der Waals surface area contributed by atoms with Crippen molar-refractivity contribution in [1.82, 2.24) is 15.6 Å². The van der Waals surface area contributed by atoms with Crippen molar-refractivity contribution in [3.63, 3.8) is 0 Å². The molecule has 178 valence electrons. The maximum Gasteiger partial charge on any atom is 0.318 e. The molecule has 1 aliphatic heterocycles. The molecule has 0 spiro atoms. The summed E-state index contributed by atoms with van der Waals surface area (Å²) in [4.78, 5) is 29.0. The maximum absolute atomic E-state index is 12.9. The number of nitrogens with zero attached hydrogens (tertiary/aromatic N) is 1. The number of carbonyl (C=O) groups is 2. The summed E-state index contributed by atoms with van der Waals surface area (Å²) in [5, 5.41) is 8.90. The van der Waals surface area contributed by atoms with Crippen LogP contribution in [0.5, 0.6) is 17.2 Å². The van der Waals surface area contributed by atoms with Crippen LogP contribution in [0.1, 0.15) is 28.8 Å². The number of carbonyl (C=O) groups excluding carboxylic acids is 2. The molecule has 9 nitrogen and oxygen atoms in total. The minimum atomic E-state index is -0.295. The zero-order valence-electron chi connectivity index (χ0n) is 19.4. The number of nitrogens with one attached hydrogen (secondary N) is 3. The lowest BCUT2D eigenvalue weighted by Gasteiger charge is -2.15. The number of methoxy groups -OCH3 is 1. The van der Waals surface area contributed by atoms with Gasteiger partial charge < -0.3 is 30.2 Å². The first kappa shape index (κ1) is 23.3. The van der Waals surface area contributed by atoms with Crippen molar-refractivity contribution in [3.8, 4) is 17.2 Å². The van der Waals surface area contributed by atoms with Crippen LogP contribution in [0, 0.1) is 6.92 Å². The number of aryl methyl sites for hydroxylation is 1. The first-order valence-electron chi connectivity index (χ1n) is 11.1. The van der Waals surface area contributed by atoms with Gasteiger partial charge in [-0.25, -0.2) is 4.79 Å².